The minimum absolute atomic E-state index is 0.741. The number of aryl methyl sites for hydroxylation is 1. The van der Waals surface area contributed by atoms with Crippen LogP contribution in [-0.4, -0.2) is 11.6 Å². The molecule has 0 saturated heterocycles. The van der Waals surface area contributed by atoms with Crippen molar-refractivity contribution in [1.82, 2.24) is 4.98 Å². The van der Waals surface area contributed by atoms with Gasteiger partial charge in [0.2, 0.25) is 0 Å². The average molecular weight is 218 g/mol. The molecule has 1 aromatic carbocycles. The van der Waals surface area contributed by atoms with Crippen LogP contribution in [0.5, 0.6) is 5.06 Å². The van der Waals surface area contributed by atoms with E-state index in [1.807, 2.05) is 6.07 Å². The summed E-state index contributed by atoms with van der Waals surface area (Å²) in [7, 11) is 0. The van der Waals surface area contributed by atoms with Crippen LogP contribution in [0, 0.1) is 5.51 Å². The van der Waals surface area contributed by atoms with Crippen LogP contribution in [0.2, 0.25) is 0 Å². The third kappa shape index (κ3) is 3.36. The van der Waals surface area contributed by atoms with Crippen LogP contribution in [-0.2, 0) is 6.42 Å². The maximum atomic E-state index is 5.49. The van der Waals surface area contributed by atoms with Gasteiger partial charge < -0.3 is 4.74 Å². The molecule has 0 atom stereocenters. The second-order valence-corrected chi connectivity index (χ2v) is 4.00. The van der Waals surface area contributed by atoms with Crippen LogP contribution in [0.1, 0.15) is 12.0 Å². The molecule has 0 spiro atoms. The SMILES string of the molecule is [c]1ncc(OCCCc2ccccc2)s1. The van der Waals surface area contributed by atoms with Gasteiger partial charge in [-0.05, 0) is 18.4 Å². The minimum atomic E-state index is 0.741. The van der Waals surface area contributed by atoms with E-state index in [4.69, 9.17) is 4.74 Å². The molecule has 0 N–H and O–H groups in total. The van der Waals surface area contributed by atoms with Gasteiger partial charge in [-0.2, -0.15) is 0 Å². The van der Waals surface area contributed by atoms with Gasteiger partial charge >= 0.3 is 0 Å². The fourth-order valence-corrected chi connectivity index (χ4v) is 1.78. The Labute approximate surface area is 93.6 Å². The van der Waals surface area contributed by atoms with Crippen molar-refractivity contribution in [2.75, 3.05) is 6.61 Å². The summed E-state index contributed by atoms with van der Waals surface area (Å²) in [5.41, 5.74) is 4.11. The molecule has 2 nitrogen and oxygen atoms in total. The summed E-state index contributed by atoms with van der Waals surface area (Å²) in [6.45, 7) is 0.741. The van der Waals surface area contributed by atoms with Crippen molar-refractivity contribution in [3.63, 3.8) is 0 Å². The molecule has 0 unspecified atom stereocenters. The highest BCUT2D eigenvalue weighted by Crippen LogP contribution is 2.15. The fraction of sp³-hybridized carbons (Fsp3) is 0.250. The lowest BCUT2D eigenvalue weighted by Gasteiger charge is -2.02. The minimum Gasteiger partial charge on any atom is -0.483 e. The van der Waals surface area contributed by atoms with Crippen LogP contribution in [0.3, 0.4) is 0 Å². The van der Waals surface area contributed by atoms with E-state index in [0.717, 1.165) is 24.5 Å². The van der Waals surface area contributed by atoms with E-state index in [1.54, 1.807) is 6.20 Å². The van der Waals surface area contributed by atoms with Gasteiger partial charge in [-0.15, -0.1) is 0 Å². The van der Waals surface area contributed by atoms with E-state index in [-0.39, 0.29) is 0 Å². The van der Waals surface area contributed by atoms with Gasteiger partial charge in [0.1, 0.15) is 0 Å². The maximum absolute atomic E-state index is 5.49. The summed E-state index contributed by atoms with van der Waals surface area (Å²) in [5.74, 6) is 0. The van der Waals surface area contributed by atoms with Gasteiger partial charge in [0.15, 0.2) is 10.6 Å². The number of thiazole rings is 1. The molecule has 0 bridgehead atoms. The van der Waals surface area contributed by atoms with Gasteiger partial charge in [0.25, 0.3) is 0 Å². The zero-order valence-corrected chi connectivity index (χ0v) is 9.17. The first-order valence-corrected chi connectivity index (χ1v) is 5.75. The smallest absolute Gasteiger partial charge is 0.194 e. The predicted octanol–water partition coefficient (Wildman–Crippen LogP) is 2.95. The molecule has 0 amide bonds. The number of aromatic nitrogens is 1. The topological polar surface area (TPSA) is 22.1 Å². The van der Waals surface area contributed by atoms with Crippen LogP contribution in [0.4, 0.5) is 0 Å². The molecular formula is C12H12NOS. The second-order valence-electron chi connectivity index (χ2n) is 3.21. The average Bonchev–Trinajstić information content (AvgIpc) is 2.79. The Hall–Kier alpha value is -1.35. The Balaban J connectivity index is 1.68. The fourth-order valence-electron chi connectivity index (χ4n) is 1.34. The molecule has 0 aliphatic rings. The molecule has 0 aliphatic heterocycles. The Kier molecular flexibility index (Phi) is 3.74. The number of nitrogens with zero attached hydrogens (tertiary/aromatic N) is 1. The molecule has 15 heavy (non-hydrogen) atoms. The van der Waals surface area contributed by atoms with E-state index < -0.39 is 0 Å². The molecule has 1 radical (unpaired) electrons. The van der Waals surface area contributed by atoms with Gasteiger partial charge in [-0.3, -0.25) is 0 Å². The number of benzene rings is 1. The second kappa shape index (κ2) is 5.51. The summed E-state index contributed by atoms with van der Waals surface area (Å²) in [6.07, 6.45) is 3.79. The summed E-state index contributed by atoms with van der Waals surface area (Å²) in [5, 5.41) is 0.850. The maximum Gasteiger partial charge on any atom is 0.194 e. The third-order valence-electron chi connectivity index (χ3n) is 2.07. The van der Waals surface area contributed by atoms with Crippen molar-refractivity contribution in [2.24, 2.45) is 0 Å². The summed E-state index contributed by atoms with van der Waals surface area (Å²) in [6, 6.07) is 10.4. The predicted molar refractivity (Wildman–Crippen MR) is 61.2 cm³/mol. The molecule has 1 aromatic heterocycles. The van der Waals surface area contributed by atoms with Crippen LogP contribution in [0.15, 0.2) is 36.5 Å². The highest BCUT2D eigenvalue weighted by molar-refractivity contribution is 7.11. The van der Waals surface area contributed by atoms with E-state index in [2.05, 4.69) is 34.8 Å². The monoisotopic (exact) mass is 218 g/mol. The summed E-state index contributed by atoms with van der Waals surface area (Å²) in [4.78, 5) is 3.83. The van der Waals surface area contributed by atoms with E-state index in [9.17, 15) is 0 Å². The number of ether oxygens (including phenoxy) is 1. The highest BCUT2D eigenvalue weighted by Gasteiger charge is 1.95. The molecule has 0 saturated carbocycles. The molecule has 2 aromatic rings. The number of rotatable bonds is 5. The van der Waals surface area contributed by atoms with Crippen LogP contribution < -0.4 is 4.74 Å². The van der Waals surface area contributed by atoms with Crippen molar-refractivity contribution in [2.45, 2.75) is 12.8 Å². The summed E-state index contributed by atoms with van der Waals surface area (Å²) < 4.78 is 5.49. The Bertz CT molecular complexity index is 372. The quantitative estimate of drug-likeness (QED) is 0.720. The number of hydrogen-bond donors (Lipinski definition) is 0. The largest absolute Gasteiger partial charge is 0.483 e. The van der Waals surface area contributed by atoms with Gasteiger partial charge in [-0.1, -0.05) is 41.7 Å². The first-order valence-electron chi connectivity index (χ1n) is 4.94. The van der Waals surface area contributed by atoms with E-state index >= 15 is 0 Å². The normalized spacial score (nSPS) is 10.1. The zero-order valence-electron chi connectivity index (χ0n) is 8.35. The third-order valence-corrected chi connectivity index (χ3v) is 2.69. The molecule has 1 heterocycles. The first-order chi connectivity index (χ1) is 7.45. The Morgan fingerprint density at radius 3 is 2.87 bits per heavy atom. The van der Waals surface area contributed by atoms with Crippen molar-refractivity contribution in [3.05, 3.63) is 47.6 Å². The van der Waals surface area contributed by atoms with Crippen molar-refractivity contribution in [3.8, 4) is 5.06 Å². The van der Waals surface area contributed by atoms with Crippen molar-refractivity contribution in [1.29, 1.82) is 0 Å². The molecule has 0 aliphatic carbocycles. The van der Waals surface area contributed by atoms with Crippen molar-refractivity contribution >= 4 is 11.3 Å². The Morgan fingerprint density at radius 2 is 2.13 bits per heavy atom. The van der Waals surface area contributed by atoms with E-state index in [1.165, 1.54) is 16.9 Å². The standard InChI is InChI=1S/C12H12NOS/c1-2-5-11(6-3-1)7-4-8-14-12-9-13-10-15-12/h1-3,5-6,9H,4,7-8H2. The van der Waals surface area contributed by atoms with E-state index in [0.29, 0.717) is 0 Å². The lowest BCUT2D eigenvalue weighted by atomic mass is 10.1. The first kappa shape index (κ1) is 10.2. The van der Waals surface area contributed by atoms with Gasteiger partial charge in [0, 0.05) is 0 Å². The lowest BCUT2D eigenvalue weighted by molar-refractivity contribution is 0.319. The molecule has 77 valence electrons. The van der Waals surface area contributed by atoms with Gasteiger partial charge in [0.05, 0.1) is 12.8 Å². The summed E-state index contributed by atoms with van der Waals surface area (Å²) >= 11 is 1.41. The lowest BCUT2D eigenvalue weighted by Crippen LogP contribution is -1.97. The molecule has 2 rings (SSSR count). The van der Waals surface area contributed by atoms with Crippen LogP contribution >= 0.6 is 11.3 Å². The molecule has 0 fully saturated rings. The number of hydrogen-bond acceptors (Lipinski definition) is 3. The molecule has 3 heteroatoms. The van der Waals surface area contributed by atoms with Crippen LogP contribution in [0.25, 0.3) is 0 Å². The van der Waals surface area contributed by atoms with Gasteiger partial charge in [-0.25, -0.2) is 4.98 Å². The van der Waals surface area contributed by atoms with Crippen molar-refractivity contribution < 1.29 is 4.74 Å². The Morgan fingerprint density at radius 1 is 1.27 bits per heavy atom. The molecular weight excluding hydrogens is 206 g/mol. The zero-order chi connectivity index (χ0) is 10.3. The highest BCUT2D eigenvalue weighted by atomic mass is 32.1.